The van der Waals surface area contributed by atoms with Crippen LogP contribution in [0.5, 0.6) is 5.88 Å². The molecule has 0 saturated carbocycles. The minimum Gasteiger partial charge on any atom is -0.478 e. The minimum atomic E-state index is 0.463. The summed E-state index contributed by atoms with van der Waals surface area (Å²) in [5, 5.41) is 0. The van der Waals surface area contributed by atoms with E-state index in [-0.39, 0.29) is 0 Å². The molecular formula is C15H28N2O. The van der Waals surface area contributed by atoms with E-state index in [4.69, 9.17) is 10.5 Å². The number of aromatic nitrogens is 1. The van der Waals surface area contributed by atoms with Crippen LogP contribution >= 0.6 is 0 Å². The summed E-state index contributed by atoms with van der Waals surface area (Å²) in [5.74, 6) is 1.21. The van der Waals surface area contributed by atoms with Gasteiger partial charge in [-0.05, 0) is 31.4 Å². The molecule has 0 atom stereocenters. The molecule has 3 heteroatoms. The van der Waals surface area contributed by atoms with Crippen LogP contribution in [0.3, 0.4) is 0 Å². The van der Waals surface area contributed by atoms with Gasteiger partial charge in [-0.2, -0.15) is 0 Å². The summed E-state index contributed by atoms with van der Waals surface area (Å²) in [6, 6.07) is 5.93. The second-order valence-corrected chi connectivity index (χ2v) is 4.55. The zero-order valence-electron chi connectivity index (χ0n) is 12.3. The molecule has 1 heterocycles. The minimum absolute atomic E-state index is 0.463. The van der Waals surface area contributed by atoms with Crippen LogP contribution in [0.2, 0.25) is 0 Å². The highest BCUT2D eigenvalue weighted by Crippen LogP contribution is 2.15. The number of rotatable bonds is 6. The molecule has 0 spiro atoms. The lowest BCUT2D eigenvalue weighted by atomic mass is 10.1. The van der Waals surface area contributed by atoms with Gasteiger partial charge in [0.15, 0.2) is 0 Å². The fraction of sp³-hybridized carbons (Fsp3) is 0.667. The van der Waals surface area contributed by atoms with E-state index in [1.54, 1.807) is 0 Å². The quantitative estimate of drug-likeness (QED) is 0.839. The SMILES string of the molecule is CCCCN.CCCOc1cccc(C(C)C)n1. The van der Waals surface area contributed by atoms with E-state index in [0.717, 1.165) is 31.1 Å². The van der Waals surface area contributed by atoms with Crippen LogP contribution < -0.4 is 10.5 Å². The smallest absolute Gasteiger partial charge is 0.213 e. The lowest BCUT2D eigenvalue weighted by Crippen LogP contribution is -1.99. The van der Waals surface area contributed by atoms with E-state index in [0.29, 0.717) is 5.92 Å². The zero-order chi connectivity index (χ0) is 13.8. The maximum absolute atomic E-state index is 5.43. The molecule has 1 aromatic rings. The van der Waals surface area contributed by atoms with Gasteiger partial charge in [-0.3, -0.25) is 0 Å². The van der Waals surface area contributed by atoms with E-state index in [9.17, 15) is 0 Å². The number of nitrogens with two attached hydrogens (primary N) is 1. The fourth-order valence-corrected chi connectivity index (χ4v) is 1.24. The van der Waals surface area contributed by atoms with Crippen molar-refractivity contribution in [3.05, 3.63) is 23.9 Å². The van der Waals surface area contributed by atoms with E-state index in [1.807, 2.05) is 18.2 Å². The topological polar surface area (TPSA) is 48.1 Å². The van der Waals surface area contributed by atoms with Crippen molar-refractivity contribution in [2.45, 2.75) is 52.9 Å². The Bertz CT molecular complexity index is 298. The maximum atomic E-state index is 5.43. The zero-order valence-corrected chi connectivity index (χ0v) is 12.3. The first kappa shape index (κ1) is 16.9. The standard InChI is InChI=1S/C11H17NO.C4H11N/c1-4-8-13-11-7-5-6-10(12-11)9(2)3;1-2-3-4-5/h5-7,9H,4,8H2,1-3H3;2-5H2,1H3. The van der Waals surface area contributed by atoms with Crippen LogP contribution in [-0.2, 0) is 0 Å². The van der Waals surface area contributed by atoms with Crippen molar-refractivity contribution < 1.29 is 4.74 Å². The molecule has 0 fully saturated rings. The van der Waals surface area contributed by atoms with E-state index < -0.39 is 0 Å². The van der Waals surface area contributed by atoms with Crippen LogP contribution in [0.15, 0.2) is 18.2 Å². The second-order valence-electron chi connectivity index (χ2n) is 4.55. The Kier molecular flexibility index (Phi) is 10.4. The van der Waals surface area contributed by atoms with Gasteiger partial charge in [0.05, 0.1) is 6.61 Å². The molecular weight excluding hydrogens is 224 g/mol. The average molecular weight is 252 g/mol. The van der Waals surface area contributed by atoms with E-state index >= 15 is 0 Å². The fourth-order valence-electron chi connectivity index (χ4n) is 1.24. The Balaban J connectivity index is 0.000000494. The molecule has 0 aromatic carbocycles. The van der Waals surface area contributed by atoms with Crippen LogP contribution in [-0.4, -0.2) is 18.1 Å². The number of nitrogens with zero attached hydrogens (tertiary/aromatic N) is 1. The predicted octanol–water partition coefficient (Wildman–Crippen LogP) is 3.74. The van der Waals surface area contributed by atoms with Gasteiger partial charge >= 0.3 is 0 Å². The molecule has 0 radical (unpaired) electrons. The summed E-state index contributed by atoms with van der Waals surface area (Å²) in [4.78, 5) is 4.39. The summed E-state index contributed by atoms with van der Waals surface area (Å²) >= 11 is 0. The first-order valence-corrected chi connectivity index (χ1v) is 6.95. The highest BCUT2D eigenvalue weighted by Gasteiger charge is 2.01. The van der Waals surface area contributed by atoms with Crippen molar-refractivity contribution in [1.82, 2.24) is 4.98 Å². The van der Waals surface area contributed by atoms with Gasteiger partial charge in [-0.25, -0.2) is 4.98 Å². The first-order valence-electron chi connectivity index (χ1n) is 6.95. The Morgan fingerprint density at radius 2 is 1.94 bits per heavy atom. The molecule has 0 saturated heterocycles. The molecule has 0 bridgehead atoms. The van der Waals surface area contributed by atoms with Crippen molar-refractivity contribution in [2.75, 3.05) is 13.2 Å². The number of hydrogen-bond acceptors (Lipinski definition) is 3. The average Bonchev–Trinajstić information content (AvgIpc) is 2.38. The number of pyridine rings is 1. The van der Waals surface area contributed by atoms with Gasteiger partial charge in [-0.1, -0.05) is 40.2 Å². The van der Waals surface area contributed by atoms with Gasteiger partial charge in [0, 0.05) is 11.8 Å². The number of unbranched alkanes of at least 4 members (excludes halogenated alkanes) is 1. The summed E-state index contributed by atoms with van der Waals surface area (Å²) in [6.07, 6.45) is 3.41. The monoisotopic (exact) mass is 252 g/mol. The largest absolute Gasteiger partial charge is 0.478 e. The molecule has 0 aliphatic heterocycles. The van der Waals surface area contributed by atoms with Crippen LogP contribution in [0.4, 0.5) is 0 Å². The van der Waals surface area contributed by atoms with Crippen molar-refractivity contribution in [1.29, 1.82) is 0 Å². The Hall–Kier alpha value is -1.09. The third kappa shape index (κ3) is 8.07. The molecule has 18 heavy (non-hydrogen) atoms. The number of ether oxygens (including phenoxy) is 1. The third-order valence-electron chi connectivity index (χ3n) is 2.35. The highest BCUT2D eigenvalue weighted by atomic mass is 16.5. The van der Waals surface area contributed by atoms with Crippen LogP contribution in [0.1, 0.15) is 58.6 Å². The third-order valence-corrected chi connectivity index (χ3v) is 2.35. The van der Waals surface area contributed by atoms with Crippen molar-refractivity contribution in [3.63, 3.8) is 0 Å². The van der Waals surface area contributed by atoms with Crippen molar-refractivity contribution >= 4 is 0 Å². The molecule has 1 rings (SSSR count). The predicted molar refractivity (Wildman–Crippen MR) is 78.1 cm³/mol. The van der Waals surface area contributed by atoms with Crippen molar-refractivity contribution in [3.8, 4) is 5.88 Å². The summed E-state index contributed by atoms with van der Waals surface area (Å²) < 4.78 is 5.43. The lowest BCUT2D eigenvalue weighted by Gasteiger charge is -2.07. The molecule has 0 aliphatic carbocycles. The van der Waals surface area contributed by atoms with Gasteiger partial charge in [0.25, 0.3) is 0 Å². The Morgan fingerprint density at radius 1 is 1.22 bits per heavy atom. The van der Waals surface area contributed by atoms with Gasteiger partial charge in [-0.15, -0.1) is 0 Å². The van der Waals surface area contributed by atoms with Crippen LogP contribution in [0, 0.1) is 0 Å². The summed E-state index contributed by atoms with van der Waals surface area (Å²) in [5.41, 5.74) is 6.23. The maximum Gasteiger partial charge on any atom is 0.213 e. The molecule has 2 N–H and O–H groups in total. The first-order chi connectivity index (χ1) is 8.65. The van der Waals surface area contributed by atoms with Crippen LogP contribution in [0.25, 0.3) is 0 Å². The van der Waals surface area contributed by atoms with E-state index in [1.165, 1.54) is 12.8 Å². The van der Waals surface area contributed by atoms with Gasteiger partial charge in [0.2, 0.25) is 5.88 Å². The molecule has 0 aliphatic rings. The second kappa shape index (κ2) is 11.0. The molecule has 0 unspecified atom stereocenters. The normalized spacial score (nSPS) is 9.89. The Labute approximate surface area is 112 Å². The van der Waals surface area contributed by atoms with E-state index in [2.05, 4.69) is 32.7 Å². The molecule has 1 aromatic heterocycles. The van der Waals surface area contributed by atoms with Crippen molar-refractivity contribution in [2.24, 2.45) is 5.73 Å². The number of hydrogen-bond donors (Lipinski definition) is 1. The molecule has 0 amide bonds. The van der Waals surface area contributed by atoms with Gasteiger partial charge in [0.1, 0.15) is 0 Å². The highest BCUT2D eigenvalue weighted by molar-refractivity contribution is 5.17. The summed E-state index contributed by atoms with van der Waals surface area (Å²) in [6.45, 7) is 10.1. The van der Waals surface area contributed by atoms with Gasteiger partial charge < -0.3 is 10.5 Å². The summed E-state index contributed by atoms with van der Waals surface area (Å²) in [7, 11) is 0. The Morgan fingerprint density at radius 3 is 2.39 bits per heavy atom. The molecule has 104 valence electrons. The molecule has 3 nitrogen and oxygen atoms in total. The lowest BCUT2D eigenvalue weighted by molar-refractivity contribution is 0.304.